The van der Waals surface area contributed by atoms with Gasteiger partial charge in [0.25, 0.3) is 0 Å². The van der Waals surface area contributed by atoms with Crippen LogP contribution in [0, 0.1) is 6.92 Å². The van der Waals surface area contributed by atoms with E-state index < -0.39 is 0 Å². The number of aromatic nitrogens is 9. The molecular weight excluding hydrogens is 442 g/mol. The highest BCUT2D eigenvalue weighted by Gasteiger charge is 2.25. The molecule has 1 aliphatic heterocycles. The third kappa shape index (κ3) is 3.24. The SMILES string of the molecule is Cc1cn(-c2nccc3[nH]c(-c4n[nH]c5ccc(-c6cncc(N7CC(N)C7)n6)cc45)nc23)cn1. The lowest BCUT2D eigenvalue weighted by Crippen LogP contribution is -2.56. The van der Waals surface area contributed by atoms with Gasteiger partial charge in [-0.1, -0.05) is 6.07 Å². The lowest BCUT2D eigenvalue weighted by atomic mass is 10.1. The van der Waals surface area contributed by atoms with Gasteiger partial charge in [-0.2, -0.15) is 5.10 Å². The van der Waals surface area contributed by atoms with Crippen molar-refractivity contribution < 1.29 is 0 Å². The fourth-order valence-corrected chi connectivity index (χ4v) is 4.46. The third-order valence-electron chi connectivity index (χ3n) is 6.28. The van der Waals surface area contributed by atoms with E-state index in [2.05, 4.69) is 41.1 Å². The molecule has 1 aliphatic rings. The van der Waals surface area contributed by atoms with E-state index in [4.69, 9.17) is 15.7 Å². The zero-order valence-electron chi connectivity index (χ0n) is 18.8. The van der Waals surface area contributed by atoms with E-state index in [1.807, 2.05) is 35.9 Å². The van der Waals surface area contributed by atoms with Gasteiger partial charge >= 0.3 is 0 Å². The minimum Gasteiger partial charge on any atom is -0.352 e. The average molecular weight is 464 g/mol. The van der Waals surface area contributed by atoms with E-state index in [1.165, 1.54) is 0 Å². The van der Waals surface area contributed by atoms with Crippen LogP contribution in [0.25, 0.3) is 50.5 Å². The smallest absolute Gasteiger partial charge is 0.166 e. The maximum atomic E-state index is 5.93. The van der Waals surface area contributed by atoms with Crippen LogP contribution in [0.2, 0.25) is 0 Å². The molecule has 172 valence electrons. The van der Waals surface area contributed by atoms with Crippen LogP contribution in [0.15, 0.2) is 55.4 Å². The molecule has 4 N–H and O–H groups in total. The summed E-state index contributed by atoms with van der Waals surface area (Å²) in [4.78, 5) is 28.4. The van der Waals surface area contributed by atoms with Crippen LogP contribution >= 0.6 is 0 Å². The second-order valence-corrected chi connectivity index (χ2v) is 8.80. The van der Waals surface area contributed by atoms with Crippen LogP contribution in [0.4, 0.5) is 5.82 Å². The Labute approximate surface area is 199 Å². The molecule has 0 radical (unpaired) electrons. The normalized spacial score (nSPS) is 14.2. The Morgan fingerprint density at radius 3 is 2.80 bits per heavy atom. The van der Waals surface area contributed by atoms with Gasteiger partial charge in [-0.3, -0.25) is 14.6 Å². The van der Waals surface area contributed by atoms with Gasteiger partial charge in [-0.25, -0.2) is 19.9 Å². The first-order chi connectivity index (χ1) is 17.1. The first kappa shape index (κ1) is 19.8. The van der Waals surface area contributed by atoms with E-state index in [1.54, 1.807) is 24.9 Å². The number of pyridine rings is 1. The largest absolute Gasteiger partial charge is 0.352 e. The molecule has 0 amide bonds. The summed E-state index contributed by atoms with van der Waals surface area (Å²) in [6.07, 6.45) is 8.97. The fraction of sp³-hybridized carbons (Fsp3) is 0.167. The number of hydrogen-bond acceptors (Lipinski definition) is 8. The molecule has 0 saturated carbocycles. The molecule has 35 heavy (non-hydrogen) atoms. The molecule has 7 rings (SSSR count). The third-order valence-corrected chi connectivity index (χ3v) is 6.28. The molecule has 0 bridgehead atoms. The number of benzene rings is 1. The van der Waals surface area contributed by atoms with Gasteiger partial charge in [0.1, 0.15) is 23.4 Å². The summed E-state index contributed by atoms with van der Waals surface area (Å²) < 4.78 is 1.87. The number of anilines is 1. The van der Waals surface area contributed by atoms with Crippen molar-refractivity contribution in [2.24, 2.45) is 5.73 Å². The van der Waals surface area contributed by atoms with Crippen molar-refractivity contribution in [2.75, 3.05) is 18.0 Å². The van der Waals surface area contributed by atoms with Crippen molar-refractivity contribution in [3.63, 3.8) is 0 Å². The second-order valence-electron chi connectivity index (χ2n) is 8.80. The van der Waals surface area contributed by atoms with Crippen molar-refractivity contribution in [2.45, 2.75) is 13.0 Å². The Kier molecular flexibility index (Phi) is 4.20. The Morgan fingerprint density at radius 2 is 1.97 bits per heavy atom. The topological polar surface area (TPSA) is 143 Å². The van der Waals surface area contributed by atoms with E-state index in [-0.39, 0.29) is 6.04 Å². The predicted octanol–water partition coefficient (Wildman–Crippen LogP) is 2.60. The molecule has 1 fully saturated rings. The lowest BCUT2D eigenvalue weighted by molar-refractivity contribution is 0.514. The highest BCUT2D eigenvalue weighted by molar-refractivity contribution is 5.96. The lowest BCUT2D eigenvalue weighted by Gasteiger charge is -2.37. The highest BCUT2D eigenvalue weighted by Crippen LogP contribution is 2.31. The number of fused-ring (bicyclic) bond motifs is 2. The summed E-state index contributed by atoms with van der Waals surface area (Å²) >= 11 is 0. The Balaban J connectivity index is 1.31. The minimum absolute atomic E-state index is 0.197. The number of rotatable bonds is 4. The second kappa shape index (κ2) is 7.43. The zero-order valence-corrected chi connectivity index (χ0v) is 18.8. The number of nitrogens with one attached hydrogen (secondary N) is 2. The van der Waals surface area contributed by atoms with E-state index in [0.29, 0.717) is 11.6 Å². The van der Waals surface area contributed by atoms with Crippen LogP contribution in [0.3, 0.4) is 0 Å². The van der Waals surface area contributed by atoms with Crippen LogP contribution in [0.5, 0.6) is 0 Å². The number of H-pyrrole nitrogens is 2. The molecule has 0 atom stereocenters. The molecule has 0 spiro atoms. The number of aromatic amines is 2. The molecule has 0 aliphatic carbocycles. The Hall–Kier alpha value is -4.64. The van der Waals surface area contributed by atoms with Crippen LogP contribution in [-0.4, -0.2) is 63.8 Å². The van der Waals surface area contributed by atoms with Crippen molar-refractivity contribution in [1.82, 2.24) is 44.7 Å². The van der Waals surface area contributed by atoms with Crippen LogP contribution in [-0.2, 0) is 0 Å². The van der Waals surface area contributed by atoms with Gasteiger partial charge in [0.05, 0.1) is 34.8 Å². The number of aryl methyl sites for hydroxylation is 1. The molecular formula is C24H21N11. The molecule has 6 aromatic rings. The van der Waals surface area contributed by atoms with Gasteiger partial charge in [-0.15, -0.1) is 0 Å². The number of nitrogens with two attached hydrogens (primary N) is 1. The van der Waals surface area contributed by atoms with Gasteiger partial charge in [0.2, 0.25) is 0 Å². The van der Waals surface area contributed by atoms with Gasteiger partial charge in [0, 0.05) is 42.5 Å². The molecule has 6 heterocycles. The molecule has 11 heteroatoms. The molecule has 5 aromatic heterocycles. The molecule has 1 aromatic carbocycles. The van der Waals surface area contributed by atoms with Crippen molar-refractivity contribution in [1.29, 1.82) is 0 Å². The predicted molar refractivity (Wildman–Crippen MR) is 132 cm³/mol. The van der Waals surface area contributed by atoms with Crippen molar-refractivity contribution in [3.05, 3.63) is 61.1 Å². The highest BCUT2D eigenvalue weighted by atomic mass is 15.3. The number of hydrogen-bond donors (Lipinski definition) is 3. The van der Waals surface area contributed by atoms with E-state index in [9.17, 15) is 0 Å². The van der Waals surface area contributed by atoms with Gasteiger partial charge in [0.15, 0.2) is 11.6 Å². The monoisotopic (exact) mass is 463 g/mol. The Morgan fingerprint density at radius 1 is 1.06 bits per heavy atom. The number of imidazole rings is 2. The maximum absolute atomic E-state index is 5.93. The van der Waals surface area contributed by atoms with Crippen molar-refractivity contribution >= 4 is 27.8 Å². The average Bonchev–Trinajstić information content (AvgIpc) is 3.59. The maximum Gasteiger partial charge on any atom is 0.166 e. The van der Waals surface area contributed by atoms with E-state index in [0.717, 1.165) is 63.5 Å². The zero-order chi connectivity index (χ0) is 23.5. The Bertz CT molecular complexity index is 1700. The summed E-state index contributed by atoms with van der Waals surface area (Å²) in [5.74, 6) is 2.21. The minimum atomic E-state index is 0.197. The quantitative estimate of drug-likeness (QED) is 0.362. The van der Waals surface area contributed by atoms with Gasteiger partial charge in [-0.05, 0) is 25.1 Å². The van der Waals surface area contributed by atoms with Gasteiger partial charge < -0.3 is 15.6 Å². The van der Waals surface area contributed by atoms with Crippen molar-refractivity contribution in [3.8, 4) is 28.6 Å². The summed E-state index contributed by atoms with van der Waals surface area (Å²) in [6.45, 7) is 3.54. The standard InChI is InChI=1S/C24H21N11/c1-13-9-35(12-28-13)24-22-18(4-5-27-24)30-23(31-22)21-16-6-14(2-3-17(16)32-33-21)19-7-26-8-20(29-19)34-10-15(25)11-34/h2-9,12,15H,10-11,25H2,1H3,(H,30,31)(H,32,33). The summed E-state index contributed by atoms with van der Waals surface area (Å²) in [7, 11) is 0. The summed E-state index contributed by atoms with van der Waals surface area (Å²) in [5.41, 5.74) is 11.8. The van der Waals surface area contributed by atoms with Crippen LogP contribution in [0.1, 0.15) is 5.69 Å². The first-order valence-corrected chi connectivity index (χ1v) is 11.3. The molecule has 0 unspecified atom stereocenters. The van der Waals surface area contributed by atoms with Crippen LogP contribution < -0.4 is 10.6 Å². The summed E-state index contributed by atoms with van der Waals surface area (Å²) in [5, 5.41) is 8.61. The van der Waals surface area contributed by atoms with E-state index >= 15 is 0 Å². The molecule has 1 saturated heterocycles. The number of nitrogens with zero attached hydrogens (tertiary/aromatic N) is 8. The summed E-state index contributed by atoms with van der Waals surface area (Å²) in [6, 6.07) is 8.18. The molecule has 11 nitrogen and oxygen atoms in total. The fourth-order valence-electron chi connectivity index (χ4n) is 4.46. The first-order valence-electron chi connectivity index (χ1n) is 11.3.